The molecule has 1 aliphatic rings. The first-order valence-corrected chi connectivity index (χ1v) is 23.8. The van der Waals surface area contributed by atoms with Crippen LogP contribution >= 0.6 is 0 Å². The monoisotopic (exact) mass is 1050 g/mol. The number of carbonyl (C=O) groups excluding carboxylic acids is 9. The lowest BCUT2D eigenvalue weighted by molar-refractivity contribution is -0.164. The minimum atomic E-state index is -1.95. The number of aromatic hydroxyl groups is 6. The van der Waals surface area contributed by atoms with E-state index < -0.39 is 161 Å². The predicted molar refractivity (Wildman–Crippen MR) is 260 cm³/mol. The van der Waals surface area contributed by atoms with Crippen LogP contribution in [0.4, 0.5) is 0 Å². The van der Waals surface area contributed by atoms with Crippen LogP contribution in [0.25, 0.3) is 0 Å². The normalized spacial score (nSPS) is 17.2. The highest BCUT2D eigenvalue weighted by Crippen LogP contribution is 2.30. The number of cyclic esters (lactones) is 3. The summed E-state index contributed by atoms with van der Waals surface area (Å²) in [6, 6.07) is 0.256. The Hall–Kier alpha value is -8.43. The minimum absolute atomic E-state index is 0.105. The number of amides is 6. The van der Waals surface area contributed by atoms with E-state index >= 15 is 0 Å². The Bertz CT molecular complexity index is 2260. The van der Waals surface area contributed by atoms with Crippen molar-refractivity contribution in [1.29, 1.82) is 0 Å². The van der Waals surface area contributed by atoms with Gasteiger partial charge in [-0.2, -0.15) is 0 Å². The molecule has 6 atom stereocenters. The summed E-state index contributed by atoms with van der Waals surface area (Å²) in [6.45, 7) is -2.57. The van der Waals surface area contributed by atoms with Crippen LogP contribution < -0.4 is 49.1 Å². The molecule has 0 spiro atoms. The molecule has 1 aliphatic heterocycles. The van der Waals surface area contributed by atoms with E-state index in [0.717, 1.165) is 36.4 Å². The molecule has 3 unspecified atom stereocenters. The van der Waals surface area contributed by atoms with Gasteiger partial charge in [-0.1, -0.05) is 18.2 Å². The summed E-state index contributed by atoms with van der Waals surface area (Å²) in [5.74, 6) is -14.7. The largest absolute Gasteiger partial charge is 0.504 e. The van der Waals surface area contributed by atoms with Gasteiger partial charge in [0.15, 0.2) is 52.6 Å². The number of nitrogens with two attached hydrogens (primary N) is 3. The first kappa shape index (κ1) is 59.1. The number of phenolic OH excluding ortho intramolecular Hbond substituents is 6. The van der Waals surface area contributed by atoms with E-state index in [-0.39, 0.29) is 58.2 Å². The molecule has 4 rings (SSSR count). The van der Waals surface area contributed by atoms with Crippen molar-refractivity contribution < 1.29 is 88.0 Å². The number of rotatable bonds is 24. The Morgan fingerprint density at radius 1 is 0.440 bits per heavy atom. The smallest absolute Gasteiger partial charge is 0.332 e. The summed E-state index contributed by atoms with van der Waals surface area (Å²) in [6.07, 6.45) is 1.49. The molecule has 3 aromatic carbocycles. The Morgan fingerprint density at radius 2 is 0.693 bits per heavy atom. The van der Waals surface area contributed by atoms with Gasteiger partial charge in [0.2, 0.25) is 17.7 Å². The first-order chi connectivity index (χ1) is 35.8. The van der Waals surface area contributed by atoms with Crippen LogP contribution in [0.5, 0.6) is 34.5 Å². The van der Waals surface area contributed by atoms with Gasteiger partial charge in [-0.3, -0.25) is 28.8 Å². The van der Waals surface area contributed by atoms with Crippen LogP contribution in [-0.2, 0) is 43.0 Å². The fraction of sp³-hybridized carbons (Fsp3) is 0.438. The van der Waals surface area contributed by atoms with E-state index in [9.17, 15) is 73.8 Å². The van der Waals surface area contributed by atoms with E-state index in [2.05, 4.69) is 31.9 Å². The van der Waals surface area contributed by atoms with Crippen LogP contribution in [0.2, 0.25) is 0 Å². The highest BCUT2D eigenvalue weighted by Gasteiger charge is 2.37. The summed E-state index contributed by atoms with van der Waals surface area (Å²) >= 11 is 0. The van der Waals surface area contributed by atoms with Gasteiger partial charge in [0.05, 0.1) is 16.7 Å². The molecule has 27 heteroatoms. The van der Waals surface area contributed by atoms with E-state index in [1.54, 1.807) is 0 Å². The molecule has 18 N–H and O–H groups in total. The molecule has 0 radical (unpaired) electrons. The molecule has 75 heavy (non-hydrogen) atoms. The third-order valence-corrected chi connectivity index (χ3v) is 11.5. The molecule has 408 valence electrons. The summed E-state index contributed by atoms with van der Waals surface area (Å²) in [7, 11) is 0. The van der Waals surface area contributed by atoms with Crippen LogP contribution in [-0.4, -0.2) is 160 Å². The second kappa shape index (κ2) is 29.3. The maximum atomic E-state index is 14.0. The zero-order valence-electron chi connectivity index (χ0n) is 40.6. The minimum Gasteiger partial charge on any atom is -0.504 e. The fourth-order valence-electron chi connectivity index (χ4n) is 7.26. The standard InChI is InChI=1S/C48H63N9O18/c49-19-4-1-13-28(52-40(64)25-10-7-16-34(58)37(25)61)43(67)55-31-22-73-47(71)33(57-45(69)30(15-3-6-21-51)54-42(66)27-12-9-18-36(60)39(27)63)24-75-48(72)32(23-74-46(31)70)56-44(68)29(14-2-5-20-50)53-41(65)26-11-8-17-35(59)38(26)62/h7-12,16-18,28-33,58-63H,1-6,13-15,19-24,49-51H2,(H,52,64)(H,53,65)(H,54,66)(H,55,67)(H,56,68)(H,57,69)/t28-,29-,30-,31?,32?,33?/m1/s1. The SMILES string of the molecule is NCCCC[C@@H](NC(=O)c1cccc(O)c1O)C(=O)NC1COC(=O)C(NC(=O)[C@@H](CCCCN)NC(=O)c2cccc(O)c2O)COC(=O)C(NC(=O)[C@@H](CCCCN)NC(=O)c2cccc(O)c2O)COC1=O. The summed E-state index contributed by atoms with van der Waals surface area (Å²) in [5.41, 5.74) is 15.7. The zero-order chi connectivity index (χ0) is 55.2. The molecule has 0 saturated carbocycles. The van der Waals surface area contributed by atoms with Crippen molar-refractivity contribution in [2.24, 2.45) is 17.2 Å². The van der Waals surface area contributed by atoms with Crippen molar-refractivity contribution in [2.45, 2.75) is 94.0 Å². The number of benzene rings is 3. The van der Waals surface area contributed by atoms with Crippen molar-refractivity contribution >= 4 is 53.4 Å². The second-order valence-electron chi connectivity index (χ2n) is 17.0. The van der Waals surface area contributed by atoms with Gasteiger partial charge in [0.25, 0.3) is 17.7 Å². The zero-order valence-corrected chi connectivity index (χ0v) is 40.6. The molecule has 27 nitrogen and oxygen atoms in total. The van der Waals surface area contributed by atoms with Crippen LogP contribution in [0.15, 0.2) is 54.6 Å². The van der Waals surface area contributed by atoms with E-state index in [4.69, 9.17) is 31.4 Å². The Kier molecular flexibility index (Phi) is 23.1. The average molecular weight is 1050 g/mol. The van der Waals surface area contributed by atoms with Crippen LogP contribution in [0, 0.1) is 0 Å². The van der Waals surface area contributed by atoms with Gasteiger partial charge in [0, 0.05) is 0 Å². The number of unbranched alkanes of at least 4 members (excludes halogenated alkanes) is 3. The fourth-order valence-corrected chi connectivity index (χ4v) is 7.26. The quantitative estimate of drug-likeness (QED) is 0.0202. The Labute approximate surface area is 428 Å². The van der Waals surface area contributed by atoms with E-state index in [0.29, 0.717) is 19.3 Å². The molecule has 0 bridgehead atoms. The number of ether oxygens (including phenoxy) is 3. The number of nitrogens with one attached hydrogen (secondary N) is 6. The summed E-state index contributed by atoms with van der Waals surface area (Å²) in [5, 5.41) is 75.2. The lowest BCUT2D eigenvalue weighted by Crippen LogP contribution is -2.57. The molecule has 1 fully saturated rings. The number of hydrogen-bond donors (Lipinski definition) is 15. The molecule has 0 aliphatic carbocycles. The molecule has 3 aromatic rings. The maximum absolute atomic E-state index is 14.0. The van der Waals surface area contributed by atoms with Crippen molar-refractivity contribution in [3.63, 3.8) is 0 Å². The maximum Gasteiger partial charge on any atom is 0.332 e. The summed E-state index contributed by atoms with van der Waals surface area (Å²) < 4.78 is 16.1. The van der Waals surface area contributed by atoms with Gasteiger partial charge >= 0.3 is 17.9 Å². The average Bonchev–Trinajstić information content (AvgIpc) is 3.38. The van der Waals surface area contributed by atoms with Gasteiger partial charge in [-0.25, -0.2) is 14.4 Å². The Balaban J connectivity index is 1.69. The van der Waals surface area contributed by atoms with Crippen LogP contribution in [0.3, 0.4) is 0 Å². The summed E-state index contributed by atoms with van der Waals surface area (Å²) in [4.78, 5) is 124. The van der Waals surface area contributed by atoms with Crippen molar-refractivity contribution in [2.75, 3.05) is 39.5 Å². The third-order valence-electron chi connectivity index (χ3n) is 11.5. The van der Waals surface area contributed by atoms with Crippen molar-refractivity contribution in [1.82, 2.24) is 31.9 Å². The third kappa shape index (κ3) is 17.4. The van der Waals surface area contributed by atoms with Crippen molar-refractivity contribution in [3.8, 4) is 34.5 Å². The molecule has 6 amide bonds. The van der Waals surface area contributed by atoms with Crippen molar-refractivity contribution in [3.05, 3.63) is 71.3 Å². The number of hydrogen-bond acceptors (Lipinski definition) is 21. The Morgan fingerprint density at radius 3 is 0.933 bits per heavy atom. The lowest BCUT2D eigenvalue weighted by Gasteiger charge is -2.27. The number of phenols is 6. The number of carbonyl (C=O) groups is 9. The molecule has 1 heterocycles. The lowest BCUT2D eigenvalue weighted by atomic mass is 10.1. The highest BCUT2D eigenvalue weighted by molar-refractivity contribution is 6.02. The highest BCUT2D eigenvalue weighted by atomic mass is 16.6. The van der Waals surface area contributed by atoms with Crippen LogP contribution in [0.1, 0.15) is 88.9 Å². The van der Waals surface area contributed by atoms with Gasteiger partial charge < -0.3 is 94.0 Å². The molecular weight excluding hydrogens is 991 g/mol. The van der Waals surface area contributed by atoms with E-state index in [1.165, 1.54) is 18.2 Å². The van der Waals surface area contributed by atoms with Gasteiger partial charge in [-0.15, -0.1) is 0 Å². The second-order valence-corrected chi connectivity index (χ2v) is 17.0. The number of esters is 3. The predicted octanol–water partition coefficient (Wildman–Crippen LogP) is -1.90. The van der Waals surface area contributed by atoms with Gasteiger partial charge in [0.1, 0.15) is 37.9 Å². The number of para-hydroxylation sites is 3. The van der Waals surface area contributed by atoms with Gasteiger partial charge in [-0.05, 0) is 114 Å². The molecule has 1 saturated heterocycles. The molecule has 0 aromatic heterocycles. The topological polar surface area (TPSA) is 453 Å². The van der Waals surface area contributed by atoms with E-state index in [1.807, 2.05) is 0 Å². The first-order valence-electron chi connectivity index (χ1n) is 23.8. The molecular formula is C48H63N9O18.